The second kappa shape index (κ2) is 21.7. The Labute approximate surface area is 544 Å². The van der Waals surface area contributed by atoms with Crippen molar-refractivity contribution < 1.29 is 17.6 Å². The fourth-order valence-electron chi connectivity index (χ4n) is 17.5. The molecule has 2 fully saturated rings. The van der Waals surface area contributed by atoms with E-state index in [0.717, 1.165) is 176 Å². The lowest BCUT2D eigenvalue weighted by Crippen LogP contribution is -2.36. The van der Waals surface area contributed by atoms with Crippen LogP contribution in [0.1, 0.15) is 109 Å². The fourth-order valence-corrected chi connectivity index (χ4v) is 17.5. The summed E-state index contributed by atoms with van der Waals surface area (Å²) in [7, 11) is 0. The summed E-state index contributed by atoms with van der Waals surface area (Å²) in [4.78, 5) is 7.09. The number of hydrogen-bond acceptors (Lipinski definition) is 5. The van der Waals surface area contributed by atoms with Crippen molar-refractivity contribution in [2.24, 2.45) is 0 Å². The third-order valence-electron chi connectivity index (χ3n) is 21.5. The summed E-state index contributed by atoms with van der Waals surface area (Å²) < 4.78 is 46.1. The largest absolute Gasteiger partial charge is 0.454 e. The van der Waals surface area contributed by atoms with Crippen molar-refractivity contribution in [1.82, 2.24) is 0 Å². The van der Waals surface area contributed by atoms with Crippen molar-refractivity contribution in [3.05, 3.63) is 306 Å². The van der Waals surface area contributed by atoms with E-state index in [1.165, 1.54) is 49.7 Å². The summed E-state index contributed by atoms with van der Waals surface area (Å²) >= 11 is 0. The van der Waals surface area contributed by atoms with Gasteiger partial charge in [-0.2, -0.15) is 0 Å². The monoisotopic (exact) mass is 1220 g/mol. The molecule has 1 spiro atoms. The number of nitrogens with zero attached hydrogens (tertiary/aromatic N) is 3. The Balaban J connectivity index is 0.938. The van der Waals surface area contributed by atoms with Gasteiger partial charge in [-0.05, 0) is 190 Å². The van der Waals surface area contributed by atoms with E-state index in [4.69, 9.17) is 8.83 Å². The van der Waals surface area contributed by atoms with Crippen molar-refractivity contribution in [2.45, 2.75) is 81.5 Å². The highest BCUT2D eigenvalue weighted by molar-refractivity contribution is 6.21. The summed E-state index contributed by atoms with van der Waals surface area (Å²) in [5.41, 5.74) is 20.0. The van der Waals surface area contributed by atoms with Gasteiger partial charge in [0.2, 0.25) is 0 Å². The van der Waals surface area contributed by atoms with Gasteiger partial charge < -0.3 is 23.5 Å². The maximum absolute atomic E-state index is 15.6. The first-order chi connectivity index (χ1) is 46.5. The minimum atomic E-state index is -1.01. The van der Waals surface area contributed by atoms with Crippen LogP contribution in [0.25, 0.3) is 76.5 Å². The summed E-state index contributed by atoms with van der Waals surface area (Å²) in [6, 6.07) is 91.7. The first kappa shape index (κ1) is 54.9. The number of halogens is 2. The second-order valence-corrected chi connectivity index (χ2v) is 26.4. The van der Waals surface area contributed by atoms with Crippen LogP contribution in [0.2, 0.25) is 0 Å². The molecule has 3 aliphatic carbocycles. The van der Waals surface area contributed by atoms with E-state index in [9.17, 15) is 0 Å². The molecule has 1 aliphatic heterocycles. The molecule has 2 saturated carbocycles. The Morgan fingerprint density at radius 3 is 1.14 bits per heavy atom. The van der Waals surface area contributed by atoms with Crippen molar-refractivity contribution in [3.8, 4) is 11.1 Å². The highest BCUT2D eigenvalue weighted by Gasteiger charge is 2.54. The quantitative estimate of drug-likeness (QED) is 0.144. The number of rotatable bonds is 9. The maximum atomic E-state index is 15.6. The lowest BCUT2D eigenvalue weighted by Gasteiger charge is -2.45. The molecule has 94 heavy (non-hydrogen) atoms. The highest BCUT2D eigenvalue weighted by Crippen LogP contribution is 2.68. The molecular weight excluding hydrogens is 1160 g/mol. The Kier molecular flexibility index (Phi) is 12.7. The van der Waals surface area contributed by atoms with Crippen LogP contribution >= 0.6 is 0 Å². The van der Waals surface area contributed by atoms with Crippen LogP contribution in [0.5, 0.6) is 0 Å². The molecule has 15 aromatic rings. The van der Waals surface area contributed by atoms with Crippen molar-refractivity contribution in [2.75, 3.05) is 14.7 Å². The number of anilines is 9. The van der Waals surface area contributed by atoms with Crippen LogP contribution in [-0.4, -0.2) is 0 Å². The Morgan fingerprint density at radius 2 is 0.691 bits per heavy atom. The van der Waals surface area contributed by atoms with Gasteiger partial charge >= 0.3 is 0 Å². The fraction of sp³-hybridized carbons (Fsp3) is 0.149. The average Bonchev–Trinajstić information content (AvgIpc) is 1.46. The molecule has 19 rings (SSSR count). The first-order valence-corrected chi connectivity index (χ1v) is 33.7. The molecule has 0 atom stereocenters. The van der Waals surface area contributed by atoms with Crippen LogP contribution in [0.3, 0.4) is 0 Å². The second-order valence-electron chi connectivity index (χ2n) is 26.4. The topological polar surface area (TPSA) is 36.0 Å². The summed E-state index contributed by atoms with van der Waals surface area (Å²) in [5.74, 6) is 0.217. The minimum Gasteiger partial charge on any atom is -0.454 e. The standard InChI is InChI=1S/C87H65F2N3O2/c88-56-44-48-59(49-45-56)91(77-42-20-36-69-67-34-18-32-61(83(67)93-85(69)77)54-22-4-1-5-23-54)79-52-73-81(65-30-12-10-28-63(65)79)82-66-31-13-11-29-64(66)80(53-74(82)87(73)71-38-14-16-40-75(71)90(58-26-8-3-9-27-58)76-41-17-15-39-72(76)87)92(60-50-46-57(89)47-51-60)78-43-21-37-70-68-35-19-33-62(84(68)94-86(70)78)55-24-6-2-7-25-55/h3,8-21,26-55H,1-2,4-7,22-25H2. The zero-order chi connectivity index (χ0) is 62.2. The normalized spacial score (nSPS) is 15.3. The van der Waals surface area contributed by atoms with E-state index in [1.807, 2.05) is 24.3 Å². The number of benzene rings is 13. The molecule has 0 unspecified atom stereocenters. The summed E-state index contributed by atoms with van der Waals surface area (Å²) in [5, 5.41) is 8.48. The molecule has 0 bridgehead atoms. The molecular formula is C87H65F2N3O2. The van der Waals surface area contributed by atoms with E-state index in [-0.39, 0.29) is 11.6 Å². The lowest BCUT2D eigenvalue weighted by molar-refractivity contribution is 0.442. The Bertz CT molecular complexity index is 5200. The predicted molar refractivity (Wildman–Crippen MR) is 382 cm³/mol. The van der Waals surface area contributed by atoms with Crippen LogP contribution in [0, 0.1) is 11.6 Å². The summed E-state index contributed by atoms with van der Waals surface area (Å²) in [6.07, 6.45) is 12.0. The molecule has 0 radical (unpaired) electrons. The van der Waals surface area contributed by atoms with E-state index >= 15 is 8.78 Å². The van der Waals surface area contributed by atoms with Crippen LogP contribution in [0.15, 0.2) is 270 Å². The Hall–Kier alpha value is -10.8. The zero-order valence-corrected chi connectivity index (χ0v) is 52.0. The van der Waals surface area contributed by atoms with Crippen molar-refractivity contribution in [1.29, 1.82) is 0 Å². The lowest BCUT2D eigenvalue weighted by atomic mass is 9.64. The minimum absolute atomic E-state index is 0.313. The summed E-state index contributed by atoms with van der Waals surface area (Å²) in [6.45, 7) is 0. The molecule has 0 saturated heterocycles. The number of fused-ring (bicyclic) bond motifs is 19. The van der Waals surface area contributed by atoms with E-state index in [2.05, 4.69) is 227 Å². The third kappa shape index (κ3) is 8.16. The molecule has 454 valence electrons. The smallest absolute Gasteiger partial charge is 0.159 e. The maximum Gasteiger partial charge on any atom is 0.159 e. The molecule has 7 heteroatoms. The molecule has 13 aromatic carbocycles. The Morgan fingerprint density at radius 1 is 0.319 bits per heavy atom. The molecule has 3 heterocycles. The number of furan rings is 2. The first-order valence-electron chi connectivity index (χ1n) is 33.7. The number of para-hydroxylation sites is 7. The van der Waals surface area contributed by atoms with Gasteiger partial charge in [0.1, 0.15) is 22.8 Å². The van der Waals surface area contributed by atoms with Crippen LogP contribution in [0.4, 0.5) is 60.0 Å². The van der Waals surface area contributed by atoms with E-state index < -0.39 is 5.41 Å². The van der Waals surface area contributed by atoms with E-state index in [0.29, 0.717) is 11.8 Å². The molecule has 0 N–H and O–H groups in total. The molecule has 4 aliphatic rings. The molecule has 2 aromatic heterocycles. The molecule has 0 amide bonds. The van der Waals surface area contributed by atoms with Crippen LogP contribution in [-0.2, 0) is 5.41 Å². The third-order valence-corrected chi connectivity index (χ3v) is 21.5. The predicted octanol–water partition coefficient (Wildman–Crippen LogP) is 25.3. The van der Waals surface area contributed by atoms with Gasteiger partial charge in [0, 0.05) is 49.4 Å². The van der Waals surface area contributed by atoms with Gasteiger partial charge in [-0.1, -0.05) is 202 Å². The zero-order valence-electron chi connectivity index (χ0n) is 52.0. The van der Waals surface area contributed by atoms with Crippen LogP contribution < -0.4 is 14.7 Å². The van der Waals surface area contributed by atoms with Gasteiger partial charge in [-0.3, -0.25) is 0 Å². The van der Waals surface area contributed by atoms with Gasteiger partial charge in [-0.15, -0.1) is 0 Å². The number of hydrogen-bond donors (Lipinski definition) is 0. The van der Waals surface area contributed by atoms with E-state index in [1.54, 1.807) is 24.3 Å². The van der Waals surface area contributed by atoms with Gasteiger partial charge in [0.05, 0.1) is 39.5 Å². The highest BCUT2D eigenvalue weighted by atomic mass is 19.1. The SMILES string of the molecule is Fc1ccc(N(c2cc3c(c4ccccc24)-c2c(cc(N(c4ccc(F)cc4)c4cccc5c4oc4c(C6CCCCC6)cccc45)c4ccccc24)C32c3ccccc3N(c3ccccc3)c3ccccc32)c2cccc3c2oc2c(C4CCCCC4)cccc23)cc1. The van der Waals surface area contributed by atoms with Crippen molar-refractivity contribution >= 4 is 117 Å². The molecule has 5 nitrogen and oxygen atoms in total. The van der Waals surface area contributed by atoms with Gasteiger partial charge in [0.15, 0.2) is 11.2 Å². The average molecular weight is 1220 g/mol. The van der Waals surface area contributed by atoms with Crippen molar-refractivity contribution in [3.63, 3.8) is 0 Å². The van der Waals surface area contributed by atoms with Gasteiger partial charge in [-0.25, -0.2) is 8.78 Å². The van der Waals surface area contributed by atoms with Gasteiger partial charge in [0.25, 0.3) is 0 Å².